The van der Waals surface area contributed by atoms with E-state index < -0.39 is 18.0 Å². The second-order valence-corrected chi connectivity index (χ2v) is 8.86. The molecule has 3 atom stereocenters. The molecular weight excluding hydrogens is 286 g/mol. The molecule has 0 spiro atoms. The SMILES string of the molecule is CC(O)[C@H]1C(=O)N2C(C(=O)O)=C(SC(C)(C)C)S[C@H]12. The number of aliphatic hydroxyl groups excluding tert-OH is 1. The maximum absolute atomic E-state index is 12.0. The van der Waals surface area contributed by atoms with Gasteiger partial charge in [-0.1, -0.05) is 32.5 Å². The van der Waals surface area contributed by atoms with E-state index in [0.717, 1.165) is 0 Å². The van der Waals surface area contributed by atoms with Crippen LogP contribution in [0.3, 0.4) is 0 Å². The number of hydrogen-bond donors (Lipinski definition) is 2. The lowest BCUT2D eigenvalue weighted by atomic mass is 9.92. The highest BCUT2D eigenvalue weighted by Gasteiger charge is 2.58. The van der Waals surface area contributed by atoms with Gasteiger partial charge in [0.15, 0.2) is 5.70 Å². The number of aliphatic carboxylic acids is 1. The Hall–Kier alpha value is -0.660. The van der Waals surface area contributed by atoms with Gasteiger partial charge in [-0.15, -0.1) is 11.8 Å². The van der Waals surface area contributed by atoms with E-state index in [1.807, 2.05) is 20.8 Å². The first-order valence-electron chi connectivity index (χ1n) is 5.98. The minimum atomic E-state index is -1.08. The molecule has 0 aromatic heterocycles. The lowest BCUT2D eigenvalue weighted by molar-refractivity contribution is -0.156. The number of carboxylic acid groups (broad SMARTS) is 1. The number of β-lactam (4-membered cyclic amide) rings is 1. The largest absolute Gasteiger partial charge is 0.477 e. The van der Waals surface area contributed by atoms with Gasteiger partial charge < -0.3 is 10.2 Å². The van der Waals surface area contributed by atoms with E-state index in [-0.39, 0.29) is 21.7 Å². The summed E-state index contributed by atoms with van der Waals surface area (Å²) in [4.78, 5) is 24.6. The van der Waals surface area contributed by atoms with Crippen molar-refractivity contribution >= 4 is 35.4 Å². The van der Waals surface area contributed by atoms with E-state index in [9.17, 15) is 19.8 Å². The Morgan fingerprint density at radius 1 is 1.47 bits per heavy atom. The second-order valence-electron chi connectivity index (χ2n) is 5.64. The summed E-state index contributed by atoms with van der Waals surface area (Å²) >= 11 is 2.82. The van der Waals surface area contributed by atoms with Gasteiger partial charge in [-0.3, -0.25) is 9.69 Å². The Morgan fingerprint density at radius 3 is 2.47 bits per heavy atom. The lowest BCUT2D eigenvalue weighted by Gasteiger charge is -2.43. The quantitative estimate of drug-likeness (QED) is 0.773. The molecule has 2 N–H and O–H groups in total. The number of carboxylic acids is 1. The summed E-state index contributed by atoms with van der Waals surface area (Å²) in [5.41, 5.74) is 0.0665. The van der Waals surface area contributed by atoms with E-state index in [0.29, 0.717) is 4.24 Å². The van der Waals surface area contributed by atoms with Crippen LogP contribution in [0.15, 0.2) is 9.93 Å². The Kier molecular flexibility index (Phi) is 3.66. The summed E-state index contributed by atoms with van der Waals surface area (Å²) in [5.74, 6) is -1.88. The van der Waals surface area contributed by atoms with Crippen molar-refractivity contribution in [3.8, 4) is 0 Å². The molecule has 0 aromatic rings. The molecule has 0 aliphatic carbocycles. The minimum absolute atomic E-state index is 0.0665. The molecule has 5 nitrogen and oxygen atoms in total. The topological polar surface area (TPSA) is 77.8 Å². The van der Waals surface area contributed by atoms with Gasteiger partial charge in [-0.25, -0.2) is 4.79 Å². The number of carbonyl (C=O) groups is 2. The van der Waals surface area contributed by atoms with Gasteiger partial charge in [-0.2, -0.15) is 0 Å². The summed E-state index contributed by atoms with van der Waals surface area (Å²) in [6, 6.07) is 0. The predicted octanol–water partition coefficient (Wildman–Crippen LogP) is 1.68. The first-order chi connectivity index (χ1) is 8.63. The average molecular weight is 303 g/mol. The Balaban J connectivity index is 2.29. The molecule has 0 aromatic carbocycles. The van der Waals surface area contributed by atoms with Crippen molar-refractivity contribution in [1.82, 2.24) is 4.90 Å². The molecule has 1 unspecified atom stereocenters. The average Bonchev–Trinajstić information content (AvgIpc) is 2.49. The summed E-state index contributed by atoms with van der Waals surface area (Å²) in [7, 11) is 0. The normalized spacial score (nSPS) is 28.3. The molecule has 0 radical (unpaired) electrons. The van der Waals surface area contributed by atoms with Crippen molar-refractivity contribution in [3.63, 3.8) is 0 Å². The monoisotopic (exact) mass is 303 g/mol. The Labute approximate surface area is 120 Å². The number of rotatable bonds is 3. The first kappa shape index (κ1) is 14.7. The molecule has 106 valence electrons. The van der Waals surface area contributed by atoms with Gasteiger partial charge in [0.1, 0.15) is 5.37 Å². The number of aliphatic hydroxyl groups is 1. The lowest BCUT2D eigenvalue weighted by Crippen LogP contribution is -2.60. The second kappa shape index (κ2) is 4.71. The molecule has 1 fully saturated rings. The van der Waals surface area contributed by atoms with Crippen LogP contribution in [0.5, 0.6) is 0 Å². The summed E-state index contributed by atoms with van der Waals surface area (Å²) in [6.45, 7) is 7.55. The molecule has 0 bridgehead atoms. The van der Waals surface area contributed by atoms with Crippen LogP contribution in [-0.4, -0.2) is 43.2 Å². The van der Waals surface area contributed by atoms with Crippen LogP contribution >= 0.6 is 23.5 Å². The van der Waals surface area contributed by atoms with Gasteiger partial charge in [0.2, 0.25) is 5.91 Å². The van der Waals surface area contributed by atoms with Gasteiger partial charge in [0.25, 0.3) is 0 Å². The van der Waals surface area contributed by atoms with Gasteiger partial charge in [0.05, 0.1) is 16.3 Å². The number of amides is 1. The van der Waals surface area contributed by atoms with Crippen molar-refractivity contribution in [2.75, 3.05) is 0 Å². The van der Waals surface area contributed by atoms with Crippen LogP contribution in [0.4, 0.5) is 0 Å². The van der Waals surface area contributed by atoms with Crippen LogP contribution in [0.2, 0.25) is 0 Å². The van der Waals surface area contributed by atoms with Crippen molar-refractivity contribution in [3.05, 3.63) is 9.93 Å². The van der Waals surface area contributed by atoms with Crippen LogP contribution < -0.4 is 0 Å². The van der Waals surface area contributed by atoms with Crippen molar-refractivity contribution in [1.29, 1.82) is 0 Å². The fourth-order valence-corrected chi connectivity index (χ4v) is 5.50. The van der Waals surface area contributed by atoms with Crippen molar-refractivity contribution in [2.45, 2.75) is 43.9 Å². The van der Waals surface area contributed by atoms with Crippen LogP contribution in [0.25, 0.3) is 0 Å². The number of hydrogen-bond acceptors (Lipinski definition) is 5. The van der Waals surface area contributed by atoms with Crippen molar-refractivity contribution < 1.29 is 19.8 Å². The number of thioether (sulfide) groups is 2. The van der Waals surface area contributed by atoms with E-state index in [2.05, 4.69) is 0 Å². The maximum atomic E-state index is 12.0. The zero-order valence-electron chi connectivity index (χ0n) is 11.2. The maximum Gasteiger partial charge on any atom is 0.354 e. The minimum Gasteiger partial charge on any atom is -0.477 e. The molecule has 0 saturated carbocycles. The Bertz CT molecular complexity index is 467. The van der Waals surface area contributed by atoms with E-state index in [1.54, 1.807) is 6.92 Å². The molecule has 7 heteroatoms. The highest BCUT2D eigenvalue weighted by Crippen LogP contribution is 2.55. The van der Waals surface area contributed by atoms with Gasteiger partial charge >= 0.3 is 5.97 Å². The number of nitrogens with zero attached hydrogens (tertiary/aromatic N) is 1. The molecule has 1 amide bonds. The van der Waals surface area contributed by atoms with E-state index >= 15 is 0 Å². The Morgan fingerprint density at radius 2 is 2.05 bits per heavy atom. The third-order valence-corrected chi connectivity index (χ3v) is 5.55. The fraction of sp³-hybridized carbons (Fsp3) is 0.667. The number of carbonyl (C=O) groups excluding carboxylic acids is 1. The molecular formula is C12H17NO4S2. The smallest absolute Gasteiger partial charge is 0.354 e. The zero-order valence-corrected chi connectivity index (χ0v) is 12.8. The van der Waals surface area contributed by atoms with Gasteiger partial charge in [0, 0.05) is 4.75 Å². The predicted molar refractivity (Wildman–Crippen MR) is 75.4 cm³/mol. The third kappa shape index (κ3) is 2.51. The van der Waals surface area contributed by atoms with Crippen molar-refractivity contribution in [2.24, 2.45) is 5.92 Å². The number of fused-ring (bicyclic) bond motifs is 1. The summed E-state index contributed by atoms with van der Waals surface area (Å²) in [6.07, 6.45) is -0.754. The van der Waals surface area contributed by atoms with Crippen LogP contribution in [-0.2, 0) is 9.59 Å². The molecule has 2 aliphatic heterocycles. The standard InChI is InChI=1S/C12H17NO4S2/c1-5(14)6-8(15)13-7(10(16)17)11(18-9(6)13)19-12(2,3)4/h5-6,9,14H,1-4H3,(H,16,17)/t5?,6-,9+/m0/s1. The highest BCUT2D eigenvalue weighted by atomic mass is 32.2. The molecule has 2 heterocycles. The fourth-order valence-electron chi connectivity index (χ4n) is 2.10. The molecule has 1 saturated heterocycles. The third-order valence-electron chi connectivity index (χ3n) is 2.87. The van der Waals surface area contributed by atoms with E-state index in [4.69, 9.17) is 0 Å². The summed E-state index contributed by atoms with van der Waals surface area (Å²) < 4.78 is 0.526. The van der Waals surface area contributed by atoms with Crippen LogP contribution in [0.1, 0.15) is 27.7 Å². The first-order valence-corrected chi connectivity index (χ1v) is 7.67. The van der Waals surface area contributed by atoms with Crippen LogP contribution in [0, 0.1) is 5.92 Å². The van der Waals surface area contributed by atoms with Gasteiger partial charge in [-0.05, 0) is 6.92 Å². The summed E-state index contributed by atoms with van der Waals surface area (Å²) in [5, 5.41) is 18.6. The molecule has 19 heavy (non-hydrogen) atoms. The molecule has 2 rings (SSSR count). The highest BCUT2D eigenvalue weighted by molar-refractivity contribution is 8.23. The molecule has 2 aliphatic rings. The zero-order chi connectivity index (χ0) is 14.5. The van der Waals surface area contributed by atoms with E-state index in [1.165, 1.54) is 28.4 Å².